The quantitative estimate of drug-likeness (QED) is 0.0919. The summed E-state index contributed by atoms with van der Waals surface area (Å²) in [5.74, 6) is -0.205. The van der Waals surface area contributed by atoms with Gasteiger partial charge in [-0.1, -0.05) is 84.6 Å². The molecule has 0 saturated carbocycles. The number of amides is 1. The summed E-state index contributed by atoms with van der Waals surface area (Å²) in [5, 5.41) is 19.8. The van der Waals surface area contributed by atoms with Crippen LogP contribution in [-0.4, -0.2) is 10.8 Å². The van der Waals surface area contributed by atoms with Crippen molar-refractivity contribution in [2.75, 3.05) is 0 Å². The van der Waals surface area contributed by atoms with Gasteiger partial charge in [-0.3, -0.25) is 20.2 Å². The second-order valence-electron chi connectivity index (χ2n) is 8.87. The molecule has 5 rings (SSSR count). The molecule has 0 spiro atoms. The van der Waals surface area contributed by atoms with Crippen molar-refractivity contribution in [3.63, 3.8) is 0 Å². The molecule has 5 aromatic rings. The number of benzene rings is 5. The van der Waals surface area contributed by atoms with Crippen LogP contribution in [0, 0.1) is 10.1 Å². The monoisotopic (exact) mass is 561 g/mol. The lowest BCUT2D eigenvalue weighted by Gasteiger charge is -2.29. The van der Waals surface area contributed by atoms with Crippen LogP contribution in [0.25, 0.3) is 0 Å². The summed E-state index contributed by atoms with van der Waals surface area (Å²) in [4.78, 5) is 25.3. The van der Waals surface area contributed by atoms with E-state index in [0.717, 1.165) is 26.2 Å². The molecule has 1 amide bonds. The number of carbonyl (C=O) groups is 1. The summed E-state index contributed by atoms with van der Waals surface area (Å²) in [6, 6.07) is 46.4. The van der Waals surface area contributed by atoms with E-state index in [0.29, 0.717) is 5.56 Å². The Bertz CT molecular complexity index is 1520. The van der Waals surface area contributed by atoms with Gasteiger partial charge >= 0.3 is 0 Å². The molecule has 0 bridgehead atoms. The summed E-state index contributed by atoms with van der Waals surface area (Å²) in [5.41, 5.74) is 1.36. The molecule has 0 fully saturated rings. The van der Waals surface area contributed by atoms with Crippen molar-refractivity contribution in [1.82, 2.24) is 5.32 Å². The summed E-state index contributed by atoms with van der Waals surface area (Å²) in [7, 11) is -2.60. The van der Waals surface area contributed by atoms with E-state index in [4.69, 9.17) is 0 Å². The summed E-state index contributed by atoms with van der Waals surface area (Å²) in [6.07, 6.45) is 0. The van der Waals surface area contributed by atoms with E-state index < -0.39 is 12.2 Å². The predicted octanol–water partition coefficient (Wildman–Crippen LogP) is 6.91. The Morgan fingerprint density at radius 3 is 1.50 bits per heavy atom. The highest BCUT2D eigenvalue weighted by Gasteiger charge is 2.50. The van der Waals surface area contributed by atoms with Crippen LogP contribution in [0.15, 0.2) is 161 Å². The Kier molecular flexibility index (Phi) is 8.50. The number of hydrogen-bond acceptors (Lipinski definition) is 4. The van der Waals surface area contributed by atoms with Gasteiger partial charge in [0.15, 0.2) is 12.7 Å². The SMILES string of the molecule is O=C(N/C(=C/Sc1ccc([N+](=O)[O-])cc1)[P+](c1ccccc1)(c1ccccc1)c1ccccc1)c1ccccc1. The Morgan fingerprint density at radius 2 is 1.07 bits per heavy atom. The van der Waals surface area contributed by atoms with Gasteiger partial charge in [0.25, 0.3) is 11.6 Å². The molecule has 0 aliphatic heterocycles. The average molecular weight is 562 g/mol. The molecular weight excluding hydrogens is 535 g/mol. The first-order valence-electron chi connectivity index (χ1n) is 12.6. The van der Waals surface area contributed by atoms with Crippen molar-refractivity contribution in [3.8, 4) is 0 Å². The molecule has 196 valence electrons. The Morgan fingerprint density at radius 1 is 0.650 bits per heavy atom. The molecule has 0 saturated heterocycles. The van der Waals surface area contributed by atoms with Gasteiger partial charge in [-0.2, -0.15) is 0 Å². The number of hydrogen-bond donors (Lipinski definition) is 1. The average Bonchev–Trinajstić information content (AvgIpc) is 3.02. The van der Waals surface area contributed by atoms with Gasteiger partial charge in [-0.25, -0.2) is 0 Å². The first-order valence-corrected chi connectivity index (χ1v) is 15.3. The molecule has 40 heavy (non-hydrogen) atoms. The second-order valence-corrected chi connectivity index (χ2v) is 13.2. The van der Waals surface area contributed by atoms with E-state index >= 15 is 0 Å². The lowest BCUT2D eigenvalue weighted by atomic mass is 10.2. The van der Waals surface area contributed by atoms with Crippen LogP contribution in [0.4, 0.5) is 5.69 Å². The maximum atomic E-state index is 13.7. The van der Waals surface area contributed by atoms with Crippen LogP contribution in [-0.2, 0) is 0 Å². The summed E-state index contributed by atoms with van der Waals surface area (Å²) in [6.45, 7) is 0. The maximum absolute atomic E-state index is 13.7. The van der Waals surface area contributed by atoms with Crippen LogP contribution < -0.4 is 21.2 Å². The van der Waals surface area contributed by atoms with Gasteiger partial charge < -0.3 is 0 Å². The number of nitrogens with zero attached hydrogens (tertiary/aromatic N) is 1. The normalized spacial score (nSPS) is 11.6. The lowest BCUT2D eigenvalue weighted by Crippen LogP contribution is -2.38. The smallest absolute Gasteiger partial charge is 0.269 e. The van der Waals surface area contributed by atoms with Crippen LogP contribution in [0.2, 0.25) is 0 Å². The zero-order valence-electron chi connectivity index (χ0n) is 21.5. The number of rotatable bonds is 9. The zero-order chi connectivity index (χ0) is 27.8. The lowest BCUT2D eigenvalue weighted by molar-refractivity contribution is -0.384. The van der Waals surface area contributed by atoms with Crippen molar-refractivity contribution in [3.05, 3.63) is 172 Å². The van der Waals surface area contributed by atoms with Gasteiger partial charge in [0.05, 0.1) is 4.92 Å². The number of nitro groups is 1. The predicted molar refractivity (Wildman–Crippen MR) is 166 cm³/mol. The van der Waals surface area contributed by atoms with E-state index in [1.54, 1.807) is 24.3 Å². The number of carbonyl (C=O) groups excluding carboxylic acids is 1. The Labute approximate surface area is 238 Å². The summed E-state index contributed by atoms with van der Waals surface area (Å²) < 4.78 is 0. The molecule has 0 unspecified atom stereocenters. The van der Waals surface area contributed by atoms with Crippen LogP contribution in [0.1, 0.15) is 10.4 Å². The van der Waals surface area contributed by atoms with E-state index in [1.165, 1.54) is 23.9 Å². The van der Waals surface area contributed by atoms with Crippen LogP contribution >= 0.6 is 19.0 Å². The molecule has 7 heteroatoms. The third-order valence-corrected chi connectivity index (χ3v) is 11.7. The molecule has 0 radical (unpaired) electrons. The Hall–Kier alpha value is -4.51. The zero-order valence-corrected chi connectivity index (χ0v) is 23.2. The molecule has 0 aliphatic rings. The first kappa shape index (κ1) is 27.1. The van der Waals surface area contributed by atoms with Gasteiger partial charge in [-0.15, -0.1) is 0 Å². The minimum absolute atomic E-state index is 0.0330. The van der Waals surface area contributed by atoms with Crippen molar-refractivity contribution in [2.24, 2.45) is 0 Å². The molecule has 0 atom stereocenters. The fourth-order valence-electron chi connectivity index (χ4n) is 4.56. The molecule has 5 nitrogen and oxygen atoms in total. The first-order chi connectivity index (χ1) is 19.6. The highest BCUT2D eigenvalue weighted by atomic mass is 32.2. The highest BCUT2D eigenvalue weighted by molar-refractivity contribution is 8.04. The topological polar surface area (TPSA) is 72.2 Å². The van der Waals surface area contributed by atoms with E-state index in [9.17, 15) is 14.9 Å². The van der Waals surface area contributed by atoms with Crippen LogP contribution in [0.3, 0.4) is 0 Å². The summed E-state index contributed by atoms with van der Waals surface area (Å²) >= 11 is 1.43. The number of nitro benzene ring substituents is 1. The van der Waals surface area contributed by atoms with Gasteiger partial charge in [0, 0.05) is 28.0 Å². The molecule has 0 heterocycles. The fraction of sp³-hybridized carbons (Fsp3) is 0. The third kappa shape index (κ3) is 5.74. The van der Waals surface area contributed by atoms with Gasteiger partial charge in [0.2, 0.25) is 0 Å². The highest BCUT2D eigenvalue weighted by Crippen LogP contribution is 2.62. The van der Waals surface area contributed by atoms with Crippen molar-refractivity contribution < 1.29 is 9.72 Å². The van der Waals surface area contributed by atoms with Gasteiger partial charge in [-0.05, 0) is 60.7 Å². The molecule has 1 N–H and O–H groups in total. The second kappa shape index (κ2) is 12.6. The van der Waals surface area contributed by atoms with Crippen LogP contribution in [0.5, 0.6) is 0 Å². The van der Waals surface area contributed by atoms with Crippen molar-refractivity contribution in [1.29, 1.82) is 0 Å². The van der Waals surface area contributed by atoms with Gasteiger partial charge in [0.1, 0.15) is 15.9 Å². The van der Waals surface area contributed by atoms with Crippen molar-refractivity contribution >= 4 is 46.5 Å². The van der Waals surface area contributed by atoms with E-state index in [-0.39, 0.29) is 11.6 Å². The van der Waals surface area contributed by atoms with E-state index in [1.807, 2.05) is 78.2 Å². The molecule has 0 aromatic heterocycles. The molecule has 0 aliphatic carbocycles. The number of nitrogens with one attached hydrogen (secondary N) is 1. The largest absolute Gasteiger partial charge is 0.291 e. The Balaban J connectivity index is 1.74. The fourth-order valence-corrected chi connectivity index (χ4v) is 9.81. The minimum atomic E-state index is -2.60. The maximum Gasteiger partial charge on any atom is 0.269 e. The van der Waals surface area contributed by atoms with Crippen molar-refractivity contribution in [2.45, 2.75) is 4.90 Å². The number of thioether (sulfide) groups is 1. The molecular formula is C33H26N2O3PS+. The number of non-ortho nitro benzene ring substituents is 1. The minimum Gasteiger partial charge on any atom is -0.291 e. The molecule has 5 aromatic carbocycles. The third-order valence-electron chi connectivity index (χ3n) is 6.42. The van der Waals surface area contributed by atoms with E-state index in [2.05, 4.69) is 41.7 Å². The standard InChI is InChI=1S/C33H25N2O3PS/c36-33(26-13-5-1-6-14-26)34-32(25-40-31-23-21-27(22-24-31)35(37)38)39(28-15-7-2-8-16-28,29-17-9-3-10-18-29)30-19-11-4-12-20-30/h1-25H/p+1/b32-25-.